The smallest absolute Gasteiger partial charge is 0.325 e. The summed E-state index contributed by atoms with van der Waals surface area (Å²) >= 11 is 0. The monoisotopic (exact) mass is 226 g/mol. The molecule has 0 aliphatic heterocycles. The first-order valence-corrected chi connectivity index (χ1v) is 3.89. The van der Waals surface area contributed by atoms with E-state index in [2.05, 4.69) is 4.98 Å². The molecular formula is C8H7F5N2. The van der Waals surface area contributed by atoms with Crippen LogP contribution in [-0.4, -0.2) is 11.5 Å². The number of alkyl halides is 5. The van der Waals surface area contributed by atoms with Crippen molar-refractivity contribution in [3.05, 3.63) is 29.6 Å². The summed E-state index contributed by atoms with van der Waals surface area (Å²) in [6.45, 7) is -1.22. The first kappa shape index (κ1) is 11.8. The van der Waals surface area contributed by atoms with Gasteiger partial charge in [0.05, 0.1) is 12.1 Å². The summed E-state index contributed by atoms with van der Waals surface area (Å²) in [6.07, 6.45) is -3.99. The van der Waals surface area contributed by atoms with Gasteiger partial charge in [-0.25, -0.2) is 0 Å². The molecule has 0 bridgehead atoms. The molecule has 0 spiro atoms. The number of nitrogens with two attached hydrogens (primary N) is 1. The summed E-state index contributed by atoms with van der Waals surface area (Å²) in [6, 6.07) is 1.49. The van der Waals surface area contributed by atoms with E-state index in [9.17, 15) is 22.0 Å². The van der Waals surface area contributed by atoms with Gasteiger partial charge in [0.15, 0.2) is 0 Å². The van der Waals surface area contributed by atoms with Crippen LogP contribution in [-0.2, 0) is 12.1 Å². The second-order valence-corrected chi connectivity index (χ2v) is 2.81. The Kier molecular flexibility index (Phi) is 2.94. The van der Waals surface area contributed by atoms with Crippen LogP contribution >= 0.6 is 0 Å². The van der Waals surface area contributed by atoms with Crippen molar-refractivity contribution >= 4 is 0 Å². The lowest BCUT2D eigenvalue weighted by Gasteiger charge is -2.18. The molecule has 2 nitrogen and oxygen atoms in total. The molecule has 0 saturated carbocycles. The lowest BCUT2D eigenvalue weighted by atomic mass is 10.1. The number of aromatic nitrogens is 1. The zero-order valence-electron chi connectivity index (χ0n) is 7.35. The molecule has 0 aliphatic rings. The highest BCUT2D eigenvalue weighted by molar-refractivity contribution is 5.26. The highest BCUT2D eigenvalue weighted by Gasteiger charge is 2.42. The van der Waals surface area contributed by atoms with Gasteiger partial charge in [0, 0.05) is 6.20 Å². The van der Waals surface area contributed by atoms with Gasteiger partial charge in [0.25, 0.3) is 0 Å². The Morgan fingerprint density at radius 2 is 1.80 bits per heavy atom. The molecule has 1 aromatic heterocycles. The Labute approximate surface area is 81.9 Å². The van der Waals surface area contributed by atoms with Gasteiger partial charge in [0.2, 0.25) is 0 Å². The summed E-state index contributed by atoms with van der Waals surface area (Å²) in [4.78, 5) is 3.04. The maximum Gasteiger partial charge on any atom is 0.418 e. The highest BCUT2D eigenvalue weighted by atomic mass is 19.4. The van der Waals surface area contributed by atoms with E-state index >= 15 is 0 Å². The van der Waals surface area contributed by atoms with E-state index < -0.39 is 29.9 Å². The summed E-state index contributed by atoms with van der Waals surface area (Å²) in [5.41, 5.74) is 1.90. The minimum Gasteiger partial charge on any atom is -0.325 e. The van der Waals surface area contributed by atoms with Crippen LogP contribution in [0.25, 0.3) is 0 Å². The Morgan fingerprint density at radius 3 is 2.27 bits per heavy atom. The van der Waals surface area contributed by atoms with Crippen molar-refractivity contribution in [2.45, 2.75) is 12.1 Å². The number of halogens is 5. The molecule has 0 unspecified atom stereocenters. The van der Waals surface area contributed by atoms with E-state index in [4.69, 9.17) is 5.73 Å². The van der Waals surface area contributed by atoms with Gasteiger partial charge in [0.1, 0.15) is 5.69 Å². The van der Waals surface area contributed by atoms with Gasteiger partial charge in [-0.1, -0.05) is 0 Å². The minimum absolute atomic E-state index is 0.548. The van der Waals surface area contributed by atoms with E-state index in [1.807, 2.05) is 0 Å². The molecule has 0 amide bonds. The molecular weight excluding hydrogens is 219 g/mol. The van der Waals surface area contributed by atoms with Crippen molar-refractivity contribution in [1.82, 2.24) is 4.98 Å². The Morgan fingerprint density at radius 1 is 1.20 bits per heavy atom. The zero-order chi connectivity index (χ0) is 11.7. The second kappa shape index (κ2) is 3.73. The fourth-order valence-corrected chi connectivity index (χ4v) is 1.02. The summed E-state index contributed by atoms with van der Waals surface area (Å²) < 4.78 is 62.9. The van der Waals surface area contributed by atoms with Gasteiger partial charge in [-0.3, -0.25) is 4.98 Å². The molecule has 0 aliphatic carbocycles. The summed E-state index contributed by atoms with van der Waals surface area (Å²) in [5.74, 6) is -3.77. The third-order valence-electron chi connectivity index (χ3n) is 1.72. The average molecular weight is 226 g/mol. The first-order chi connectivity index (χ1) is 6.79. The third kappa shape index (κ3) is 2.41. The number of hydrogen-bond donors (Lipinski definition) is 1. The van der Waals surface area contributed by atoms with Crippen LogP contribution < -0.4 is 5.73 Å². The average Bonchev–Trinajstić information content (AvgIpc) is 2.16. The van der Waals surface area contributed by atoms with E-state index in [0.717, 1.165) is 12.3 Å². The van der Waals surface area contributed by atoms with Crippen molar-refractivity contribution in [3.8, 4) is 0 Å². The van der Waals surface area contributed by atoms with Crippen molar-refractivity contribution in [3.63, 3.8) is 0 Å². The van der Waals surface area contributed by atoms with Gasteiger partial charge in [-0.05, 0) is 12.1 Å². The topological polar surface area (TPSA) is 38.9 Å². The van der Waals surface area contributed by atoms with Crippen LogP contribution in [0.1, 0.15) is 11.3 Å². The largest absolute Gasteiger partial charge is 0.418 e. The molecule has 0 fully saturated rings. The molecule has 7 heteroatoms. The maximum atomic E-state index is 13.0. The fraction of sp³-hybridized carbons (Fsp3) is 0.375. The number of nitrogens with zero attached hydrogens (tertiary/aromatic N) is 1. The van der Waals surface area contributed by atoms with Gasteiger partial charge < -0.3 is 5.73 Å². The van der Waals surface area contributed by atoms with Gasteiger partial charge in [-0.15, -0.1) is 0 Å². The lowest BCUT2D eigenvalue weighted by Crippen LogP contribution is -2.29. The minimum atomic E-state index is -4.86. The van der Waals surface area contributed by atoms with E-state index in [0.29, 0.717) is 6.07 Å². The standard InChI is InChI=1S/C8H7F5N2/c9-7(10,4-14)6-5(8(11,12)13)2-1-3-15-6/h1-3H,4,14H2. The van der Waals surface area contributed by atoms with E-state index in [1.165, 1.54) is 0 Å². The van der Waals surface area contributed by atoms with Gasteiger partial charge in [-0.2, -0.15) is 22.0 Å². The Bertz CT molecular complexity index is 347. The van der Waals surface area contributed by atoms with Crippen molar-refractivity contribution in [2.75, 3.05) is 6.54 Å². The summed E-state index contributed by atoms with van der Waals surface area (Å²) in [5, 5.41) is 0. The normalized spacial score (nSPS) is 12.9. The van der Waals surface area contributed by atoms with E-state index in [-0.39, 0.29) is 0 Å². The predicted molar refractivity (Wildman–Crippen MR) is 42.2 cm³/mol. The van der Waals surface area contributed by atoms with Crippen molar-refractivity contribution in [1.29, 1.82) is 0 Å². The molecule has 1 heterocycles. The van der Waals surface area contributed by atoms with Crippen LogP contribution in [0, 0.1) is 0 Å². The number of rotatable bonds is 2. The molecule has 15 heavy (non-hydrogen) atoms. The van der Waals surface area contributed by atoms with Crippen molar-refractivity contribution < 1.29 is 22.0 Å². The number of hydrogen-bond acceptors (Lipinski definition) is 2. The quantitative estimate of drug-likeness (QED) is 0.784. The maximum absolute atomic E-state index is 13.0. The first-order valence-electron chi connectivity index (χ1n) is 3.89. The van der Waals surface area contributed by atoms with Gasteiger partial charge >= 0.3 is 12.1 Å². The van der Waals surface area contributed by atoms with Crippen molar-refractivity contribution in [2.24, 2.45) is 5.73 Å². The molecule has 2 N–H and O–H groups in total. The van der Waals surface area contributed by atoms with E-state index in [1.54, 1.807) is 0 Å². The molecule has 1 aromatic rings. The van der Waals surface area contributed by atoms with Crippen LogP contribution in [0.5, 0.6) is 0 Å². The Hall–Kier alpha value is -1.24. The number of pyridine rings is 1. The van der Waals surface area contributed by atoms with Crippen LogP contribution in [0.3, 0.4) is 0 Å². The van der Waals surface area contributed by atoms with Crippen LogP contribution in [0.15, 0.2) is 18.3 Å². The van der Waals surface area contributed by atoms with Crippen LogP contribution in [0.2, 0.25) is 0 Å². The SMILES string of the molecule is NCC(F)(F)c1ncccc1C(F)(F)F. The molecule has 0 radical (unpaired) electrons. The lowest BCUT2D eigenvalue weighted by molar-refractivity contribution is -0.142. The molecule has 0 saturated heterocycles. The fourth-order valence-electron chi connectivity index (χ4n) is 1.02. The molecule has 0 aromatic carbocycles. The Balaban J connectivity index is 3.31. The highest BCUT2D eigenvalue weighted by Crippen LogP contribution is 2.37. The predicted octanol–water partition coefficient (Wildman–Crippen LogP) is 2.15. The van der Waals surface area contributed by atoms with Crippen LogP contribution in [0.4, 0.5) is 22.0 Å². The third-order valence-corrected chi connectivity index (χ3v) is 1.72. The second-order valence-electron chi connectivity index (χ2n) is 2.81. The molecule has 0 atom stereocenters. The molecule has 1 rings (SSSR count). The molecule has 84 valence electrons. The summed E-state index contributed by atoms with van der Waals surface area (Å²) in [7, 11) is 0. The zero-order valence-corrected chi connectivity index (χ0v) is 7.35.